The van der Waals surface area contributed by atoms with Crippen LogP contribution in [0.3, 0.4) is 0 Å². The van der Waals surface area contributed by atoms with Crippen LogP contribution < -0.4 is 15.4 Å². The molecule has 3 amide bonds. The first kappa shape index (κ1) is 21.3. The number of carbonyl (C=O) groups excluding carboxylic acids is 3. The molecular formula is C16H19F3N2O5. The minimum Gasteiger partial charge on any atom is -0.482 e. The molecule has 0 heterocycles. The molecule has 0 aliphatic rings. The standard InChI is InChI=1S/C16H19F3N2O5/c1-15(2,3)21-14(24)20-12(22)8-26-13(23)9-25-11-6-4-5-10(7-11)16(17,18)19/h4-7H,8-9H2,1-3H3,(H2,20,21,22,24). The number of alkyl halides is 3. The molecule has 1 aromatic rings. The van der Waals surface area contributed by atoms with Crippen molar-refractivity contribution < 1.29 is 37.0 Å². The number of ether oxygens (including phenoxy) is 2. The largest absolute Gasteiger partial charge is 0.482 e. The highest BCUT2D eigenvalue weighted by Crippen LogP contribution is 2.31. The minimum absolute atomic E-state index is 0.175. The quantitative estimate of drug-likeness (QED) is 0.769. The van der Waals surface area contributed by atoms with E-state index in [1.807, 2.05) is 5.32 Å². The molecule has 2 N–H and O–H groups in total. The van der Waals surface area contributed by atoms with Gasteiger partial charge < -0.3 is 14.8 Å². The van der Waals surface area contributed by atoms with Gasteiger partial charge in [0.25, 0.3) is 5.91 Å². The maximum atomic E-state index is 12.6. The van der Waals surface area contributed by atoms with Crippen molar-refractivity contribution in [3.8, 4) is 5.75 Å². The SMILES string of the molecule is CC(C)(C)NC(=O)NC(=O)COC(=O)COc1cccc(C(F)(F)F)c1. The summed E-state index contributed by atoms with van der Waals surface area (Å²) < 4.78 is 47.2. The van der Waals surface area contributed by atoms with Gasteiger partial charge in [0.1, 0.15) is 5.75 Å². The highest BCUT2D eigenvalue weighted by molar-refractivity contribution is 5.95. The van der Waals surface area contributed by atoms with Crippen LogP contribution in [0.4, 0.5) is 18.0 Å². The van der Waals surface area contributed by atoms with Crippen LogP contribution in [0.2, 0.25) is 0 Å². The van der Waals surface area contributed by atoms with Gasteiger partial charge in [0.05, 0.1) is 5.56 Å². The summed E-state index contributed by atoms with van der Waals surface area (Å²) in [5.41, 5.74) is -1.48. The van der Waals surface area contributed by atoms with Crippen molar-refractivity contribution >= 4 is 17.9 Å². The zero-order chi connectivity index (χ0) is 20.0. The van der Waals surface area contributed by atoms with E-state index in [0.29, 0.717) is 0 Å². The van der Waals surface area contributed by atoms with Crippen molar-refractivity contribution in [2.45, 2.75) is 32.5 Å². The third kappa shape index (κ3) is 8.36. The van der Waals surface area contributed by atoms with Crippen LogP contribution in [-0.4, -0.2) is 36.7 Å². The van der Waals surface area contributed by atoms with Crippen molar-refractivity contribution in [2.75, 3.05) is 13.2 Å². The average Bonchev–Trinajstić information content (AvgIpc) is 2.48. The number of urea groups is 1. The van der Waals surface area contributed by atoms with Gasteiger partial charge in [-0.25, -0.2) is 9.59 Å². The van der Waals surface area contributed by atoms with E-state index in [4.69, 9.17) is 4.74 Å². The van der Waals surface area contributed by atoms with Crippen molar-refractivity contribution in [3.63, 3.8) is 0 Å². The molecule has 0 bridgehead atoms. The molecule has 144 valence electrons. The number of esters is 1. The lowest BCUT2D eigenvalue weighted by Gasteiger charge is -2.20. The number of rotatable bonds is 5. The molecule has 0 radical (unpaired) electrons. The molecule has 0 saturated heterocycles. The fraction of sp³-hybridized carbons (Fsp3) is 0.438. The average molecular weight is 376 g/mol. The number of amides is 3. The van der Waals surface area contributed by atoms with Crippen LogP contribution in [0.15, 0.2) is 24.3 Å². The van der Waals surface area contributed by atoms with E-state index < -0.39 is 48.4 Å². The molecule has 0 atom stereocenters. The van der Waals surface area contributed by atoms with Gasteiger partial charge in [-0.2, -0.15) is 13.2 Å². The second kappa shape index (κ2) is 8.54. The molecule has 0 aliphatic carbocycles. The number of hydrogen-bond donors (Lipinski definition) is 2. The number of carbonyl (C=O) groups is 3. The Morgan fingerprint density at radius 1 is 1.08 bits per heavy atom. The lowest BCUT2D eigenvalue weighted by molar-refractivity contribution is -0.150. The number of nitrogens with one attached hydrogen (secondary N) is 2. The first-order valence-electron chi connectivity index (χ1n) is 7.44. The van der Waals surface area contributed by atoms with Gasteiger partial charge in [0.2, 0.25) is 0 Å². The summed E-state index contributed by atoms with van der Waals surface area (Å²) in [6, 6.07) is 3.21. The Bertz CT molecular complexity index is 669. The maximum absolute atomic E-state index is 12.6. The minimum atomic E-state index is -4.54. The third-order valence-electron chi connectivity index (χ3n) is 2.62. The zero-order valence-electron chi connectivity index (χ0n) is 14.4. The van der Waals surface area contributed by atoms with Crippen molar-refractivity contribution in [1.29, 1.82) is 0 Å². The Hall–Kier alpha value is -2.78. The Labute approximate surface area is 147 Å². The van der Waals surface area contributed by atoms with E-state index in [2.05, 4.69) is 10.1 Å². The Morgan fingerprint density at radius 2 is 1.73 bits per heavy atom. The Balaban J connectivity index is 2.39. The molecule has 0 aromatic heterocycles. The number of halogens is 3. The summed E-state index contributed by atoms with van der Waals surface area (Å²) in [4.78, 5) is 34.4. The van der Waals surface area contributed by atoms with E-state index >= 15 is 0 Å². The lowest BCUT2D eigenvalue weighted by Crippen LogP contribution is -2.49. The predicted octanol–water partition coefficient (Wildman–Crippen LogP) is 2.25. The zero-order valence-corrected chi connectivity index (χ0v) is 14.4. The van der Waals surface area contributed by atoms with Gasteiger partial charge in [-0.3, -0.25) is 10.1 Å². The Kier molecular flexibility index (Phi) is 6.99. The highest BCUT2D eigenvalue weighted by atomic mass is 19.4. The third-order valence-corrected chi connectivity index (χ3v) is 2.62. The second-order valence-corrected chi connectivity index (χ2v) is 6.23. The van der Waals surface area contributed by atoms with E-state index in [-0.39, 0.29) is 5.75 Å². The summed E-state index contributed by atoms with van der Waals surface area (Å²) in [7, 11) is 0. The van der Waals surface area contributed by atoms with Crippen LogP contribution in [0.25, 0.3) is 0 Å². The number of imide groups is 1. The molecule has 26 heavy (non-hydrogen) atoms. The molecular weight excluding hydrogens is 357 g/mol. The Morgan fingerprint density at radius 3 is 2.31 bits per heavy atom. The van der Waals surface area contributed by atoms with Gasteiger partial charge >= 0.3 is 18.2 Å². The highest BCUT2D eigenvalue weighted by Gasteiger charge is 2.30. The van der Waals surface area contributed by atoms with Crippen LogP contribution >= 0.6 is 0 Å². The molecule has 7 nitrogen and oxygen atoms in total. The van der Waals surface area contributed by atoms with Gasteiger partial charge in [-0.05, 0) is 39.0 Å². The topological polar surface area (TPSA) is 93.7 Å². The van der Waals surface area contributed by atoms with Crippen molar-refractivity contribution in [3.05, 3.63) is 29.8 Å². The summed E-state index contributed by atoms with van der Waals surface area (Å²) in [5.74, 6) is -2.02. The molecule has 0 saturated carbocycles. The molecule has 0 fully saturated rings. The monoisotopic (exact) mass is 376 g/mol. The normalized spacial score (nSPS) is 11.5. The lowest BCUT2D eigenvalue weighted by atomic mass is 10.1. The van der Waals surface area contributed by atoms with Crippen LogP contribution in [0.1, 0.15) is 26.3 Å². The molecule has 0 aliphatic heterocycles. The van der Waals surface area contributed by atoms with E-state index in [9.17, 15) is 27.6 Å². The van der Waals surface area contributed by atoms with Gasteiger partial charge in [0.15, 0.2) is 13.2 Å². The molecule has 10 heteroatoms. The fourth-order valence-electron chi connectivity index (χ4n) is 1.63. The number of benzene rings is 1. The maximum Gasteiger partial charge on any atom is 0.416 e. The molecule has 1 aromatic carbocycles. The summed E-state index contributed by atoms with van der Waals surface area (Å²) in [5, 5.41) is 4.43. The predicted molar refractivity (Wildman–Crippen MR) is 84.3 cm³/mol. The first-order valence-corrected chi connectivity index (χ1v) is 7.44. The van der Waals surface area contributed by atoms with Gasteiger partial charge in [-0.15, -0.1) is 0 Å². The van der Waals surface area contributed by atoms with Gasteiger partial charge in [0, 0.05) is 5.54 Å². The van der Waals surface area contributed by atoms with Crippen molar-refractivity contribution in [2.24, 2.45) is 0 Å². The summed E-state index contributed by atoms with van der Waals surface area (Å²) in [6.07, 6.45) is -4.54. The van der Waals surface area contributed by atoms with E-state index in [1.165, 1.54) is 6.07 Å². The van der Waals surface area contributed by atoms with E-state index in [1.54, 1.807) is 20.8 Å². The fourth-order valence-corrected chi connectivity index (χ4v) is 1.63. The summed E-state index contributed by atoms with van der Waals surface area (Å²) in [6.45, 7) is 3.71. The van der Waals surface area contributed by atoms with Crippen LogP contribution in [0, 0.1) is 0 Å². The first-order chi connectivity index (χ1) is 11.9. The second-order valence-electron chi connectivity index (χ2n) is 6.23. The number of hydrogen-bond acceptors (Lipinski definition) is 5. The van der Waals surface area contributed by atoms with Crippen molar-refractivity contribution in [1.82, 2.24) is 10.6 Å². The van der Waals surface area contributed by atoms with Crippen LogP contribution in [0.5, 0.6) is 5.75 Å². The van der Waals surface area contributed by atoms with Crippen LogP contribution in [-0.2, 0) is 20.5 Å². The smallest absolute Gasteiger partial charge is 0.416 e. The van der Waals surface area contributed by atoms with Gasteiger partial charge in [-0.1, -0.05) is 6.07 Å². The molecule has 1 rings (SSSR count). The van der Waals surface area contributed by atoms with E-state index in [0.717, 1.165) is 18.2 Å². The summed E-state index contributed by atoms with van der Waals surface area (Å²) >= 11 is 0. The molecule has 0 unspecified atom stereocenters. The molecule has 0 spiro atoms.